The van der Waals surface area contributed by atoms with Gasteiger partial charge in [0.2, 0.25) is 0 Å². The molecule has 2 amide bonds. The van der Waals surface area contributed by atoms with Crippen LogP contribution < -0.4 is 21.7 Å². The van der Waals surface area contributed by atoms with Crippen molar-refractivity contribution in [1.82, 2.24) is 25.9 Å². The minimum atomic E-state index is -4.71. The number of carbonyl (C=O) groups excluding carboxylic acids is 2. The summed E-state index contributed by atoms with van der Waals surface area (Å²) in [6.45, 7) is 1.22. The summed E-state index contributed by atoms with van der Waals surface area (Å²) in [5, 5.41) is 8.58. The summed E-state index contributed by atoms with van der Waals surface area (Å²) in [6, 6.07) is 8.28. The molecule has 194 valence electrons. The van der Waals surface area contributed by atoms with Gasteiger partial charge in [0, 0.05) is 30.3 Å². The van der Waals surface area contributed by atoms with Gasteiger partial charge in [-0.3, -0.25) is 9.59 Å². The second-order valence-corrected chi connectivity index (χ2v) is 8.62. The molecular weight excluding hydrogens is 492 g/mol. The number of anilines is 1. The quantitative estimate of drug-likeness (QED) is 0.373. The van der Waals surface area contributed by atoms with E-state index in [9.17, 15) is 27.2 Å². The molecule has 2 heterocycles. The zero-order valence-corrected chi connectivity index (χ0v) is 19.5. The highest BCUT2D eigenvalue weighted by molar-refractivity contribution is 5.97. The van der Waals surface area contributed by atoms with Gasteiger partial charge in [0.25, 0.3) is 11.8 Å². The van der Waals surface area contributed by atoms with Gasteiger partial charge in [0.05, 0.1) is 17.5 Å². The van der Waals surface area contributed by atoms with E-state index in [1.54, 1.807) is 12.1 Å². The third-order valence-corrected chi connectivity index (χ3v) is 5.81. The predicted octanol–water partition coefficient (Wildman–Crippen LogP) is 3.30. The van der Waals surface area contributed by atoms with Gasteiger partial charge < -0.3 is 21.7 Å². The maximum atomic E-state index is 13.6. The maximum absolute atomic E-state index is 13.6. The average molecular weight is 516 g/mol. The van der Waals surface area contributed by atoms with Crippen LogP contribution in [0.5, 0.6) is 0 Å². The van der Waals surface area contributed by atoms with Gasteiger partial charge in [-0.15, -0.1) is 0 Å². The summed E-state index contributed by atoms with van der Waals surface area (Å²) in [7, 11) is 0. The molecule has 0 unspecified atom stereocenters. The van der Waals surface area contributed by atoms with Gasteiger partial charge in [-0.2, -0.15) is 13.2 Å². The fraction of sp³-hybridized carbons (Fsp3) is 0.280. The number of nitrogens with zero attached hydrogens (tertiary/aromatic N) is 2. The molecule has 0 saturated carbocycles. The topological polar surface area (TPSA) is 122 Å². The Balaban J connectivity index is 1.48. The Kier molecular flexibility index (Phi) is 7.67. The monoisotopic (exact) mass is 516 g/mol. The Morgan fingerprint density at radius 3 is 2.68 bits per heavy atom. The molecule has 5 N–H and O–H groups in total. The Morgan fingerprint density at radius 2 is 1.95 bits per heavy atom. The number of benzene rings is 2. The van der Waals surface area contributed by atoms with E-state index in [1.807, 2.05) is 0 Å². The van der Waals surface area contributed by atoms with Crippen molar-refractivity contribution in [2.45, 2.75) is 31.6 Å². The van der Waals surface area contributed by atoms with E-state index in [4.69, 9.17) is 5.73 Å². The van der Waals surface area contributed by atoms with E-state index in [0.29, 0.717) is 23.9 Å². The Hall–Kier alpha value is -4.06. The Bertz CT molecular complexity index is 1310. The van der Waals surface area contributed by atoms with Crippen LogP contribution in [0, 0.1) is 5.82 Å². The lowest BCUT2D eigenvalue weighted by atomic mass is 10.1. The molecule has 1 aromatic heterocycles. The number of amides is 2. The van der Waals surface area contributed by atoms with Crippen molar-refractivity contribution in [2.24, 2.45) is 0 Å². The molecule has 4 rings (SSSR count). The zero-order valence-electron chi connectivity index (χ0n) is 19.5. The van der Waals surface area contributed by atoms with Crippen LogP contribution in [-0.2, 0) is 12.7 Å². The standard InChI is InChI=1S/C25H24F4N6O2/c26-18-8-14(7-17(10-18)25(27,28)29)11-33-23(36)16-4-1-3-15(9-16)20-13-32-22(30)21(35-20)24(37)34-19-5-2-6-31-12-19/h1,3-4,7-10,13,19,31H,2,5-6,11-12H2,(H2,30,32)(H,33,36)(H,34,37)/t19-/m0/s1. The van der Waals surface area contributed by atoms with Gasteiger partial charge in [0.1, 0.15) is 5.82 Å². The van der Waals surface area contributed by atoms with Crippen molar-refractivity contribution in [2.75, 3.05) is 18.8 Å². The predicted molar refractivity (Wildman–Crippen MR) is 128 cm³/mol. The zero-order chi connectivity index (χ0) is 26.6. The van der Waals surface area contributed by atoms with Crippen LogP contribution in [0.1, 0.15) is 44.8 Å². The molecule has 3 aromatic rings. The van der Waals surface area contributed by atoms with Crippen LogP contribution in [-0.4, -0.2) is 40.9 Å². The van der Waals surface area contributed by atoms with Gasteiger partial charge in [0.15, 0.2) is 11.5 Å². The number of nitrogen functional groups attached to an aromatic ring is 1. The first-order chi connectivity index (χ1) is 17.6. The number of piperidine rings is 1. The molecule has 1 aliphatic rings. The van der Waals surface area contributed by atoms with Gasteiger partial charge >= 0.3 is 6.18 Å². The van der Waals surface area contributed by atoms with E-state index in [-0.39, 0.29) is 35.2 Å². The molecule has 0 spiro atoms. The Labute approximate surface area is 209 Å². The molecule has 12 heteroatoms. The van der Waals surface area contributed by atoms with Crippen LogP contribution in [0.3, 0.4) is 0 Å². The second kappa shape index (κ2) is 10.9. The van der Waals surface area contributed by atoms with E-state index in [1.165, 1.54) is 18.3 Å². The molecule has 37 heavy (non-hydrogen) atoms. The van der Waals surface area contributed by atoms with E-state index in [2.05, 4.69) is 25.9 Å². The van der Waals surface area contributed by atoms with E-state index >= 15 is 0 Å². The van der Waals surface area contributed by atoms with E-state index in [0.717, 1.165) is 31.5 Å². The molecule has 0 aliphatic carbocycles. The lowest BCUT2D eigenvalue weighted by Gasteiger charge is -2.23. The first-order valence-corrected chi connectivity index (χ1v) is 11.5. The Morgan fingerprint density at radius 1 is 1.14 bits per heavy atom. The van der Waals surface area contributed by atoms with Crippen molar-refractivity contribution in [3.63, 3.8) is 0 Å². The molecule has 0 bridgehead atoms. The van der Waals surface area contributed by atoms with Gasteiger partial charge in [-0.25, -0.2) is 14.4 Å². The number of rotatable bonds is 6. The SMILES string of the molecule is Nc1ncc(-c2cccc(C(=O)NCc3cc(F)cc(C(F)(F)F)c3)c2)nc1C(=O)N[C@H]1CCCNC1. The van der Waals surface area contributed by atoms with Crippen molar-refractivity contribution in [1.29, 1.82) is 0 Å². The second-order valence-electron chi connectivity index (χ2n) is 8.62. The number of halogens is 4. The summed E-state index contributed by atoms with van der Waals surface area (Å²) >= 11 is 0. The molecule has 1 atom stereocenters. The van der Waals surface area contributed by atoms with Gasteiger partial charge in [-0.1, -0.05) is 12.1 Å². The van der Waals surface area contributed by atoms with Crippen LogP contribution in [0.2, 0.25) is 0 Å². The highest BCUT2D eigenvalue weighted by Crippen LogP contribution is 2.30. The molecular formula is C25H24F4N6O2. The van der Waals surface area contributed by atoms with E-state index < -0.39 is 29.4 Å². The first-order valence-electron chi connectivity index (χ1n) is 11.5. The van der Waals surface area contributed by atoms with Crippen molar-refractivity contribution >= 4 is 17.6 Å². The van der Waals surface area contributed by atoms with Crippen LogP contribution in [0.4, 0.5) is 23.4 Å². The highest BCUT2D eigenvalue weighted by Gasteiger charge is 2.31. The summed E-state index contributed by atoms with van der Waals surface area (Å²) in [4.78, 5) is 33.8. The normalized spacial score (nSPS) is 15.7. The third kappa shape index (κ3) is 6.58. The minimum absolute atomic E-state index is 0.0350. The summed E-state index contributed by atoms with van der Waals surface area (Å²) in [5.41, 5.74) is 5.63. The maximum Gasteiger partial charge on any atom is 0.416 e. The molecule has 8 nitrogen and oxygen atoms in total. The van der Waals surface area contributed by atoms with Crippen LogP contribution >= 0.6 is 0 Å². The smallest absolute Gasteiger partial charge is 0.382 e. The van der Waals surface area contributed by atoms with Crippen LogP contribution in [0.15, 0.2) is 48.7 Å². The lowest BCUT2D eigenvalue weighted by molar-refractivity contribution is -0.137. The fourth-order valence-corrected chi connectivity index (χ4v) is 3.95. The number of nitrogens with two attached hydrogens (primary N) is 1. The number of alkyl halides is 3. The van der Waals surface area contributed by atoms with Gasteiger partial charge in [-0.05, 0) is 55.3 Å². The van der Waals surface area contributed by atoms with Crippen molar-refractivity contribution < 1.29 is 27.2 Å². The number of hydrogen-bond acceptors (Lipinski definition) is 6. The number of nitrogens with one attached hydrogen (secondary N) is 3. The summed E-state index contributed by atoms with van der Waals surface area (Å²) in [6.07, 6.45) is -1.57. The third-order valence-electron chi connectivity index (χ3n) is 5.81. The largest absolute Gasteiger partial charge is 0.416 e. The lowest BCUT2D eigenvalue weighted by Crippen LogP contribution is -2.46. The average Bonchev–Trinajstić information content (AvgIpc) is 2.87. The van der Waals surface area contributed by atoms with Crippen molar-refractivity contribution in [3.8, 4) is 11.3 Å². The summed E-state index contributed by atoms with van der Waals surface area (Å²) < 4.78 is 52.4. The van der Waals surface area contributed by atoms with Crippen LogP contribution in [0.25, 0.3) is 11.3 Å². The minimum Gasteiger partial charge on any atom is -0.382 e. The highest BCUT2D eigenvalue weighted by atomic mass is 19.4. The fourth-order valence-electron chi connectivity index (χ4n) is 3.95. The molecule has 1 fully saturated rings. The molecule has 1 saturated heterocycles. The molecule has 0 radical (unpaired) electrons. The number of aromatic nitrogens is 2. The summed E-state index contributed by atoms with van der Waals surface area (Å²) in [5.74, 6) is -2.14. The molecule has 1 aliphatic heterocycles. The number of carbonyl (C=O) groups is 2. The van der Waals surface area contributed by atoms with Crippen molar-refractivity contribution in [3.05, 3.63) is 76.9 Å². The molecule has 2 aromatic carbocycles. The number of hydrogen-bond donors (Lipinski definition) is 4. The first kappa shape index (κ1) is 26.0.